The van der Waals surface area contributed by atoms with Crippen molar-refractivity contribution in [3.8, 4) is 5.88 Å². The van der Waals surface area contributed by atoms with Crippen LogP contribution in [0.1, 0.15) is 12.1 Å². The number of hydrogen-bond acceptors (Lipinski definition) is 5. The Labute approximate surface area is 123 Å². The standard InChI is InChI=1S/C15H19FN4O/c1-11-9-14(21-2)19-15(18-11)20(8-4-7-17)13-6-3-5-12(16)10-13/h3,5-6,9-10H,4,7-8,17H2,1-2H3. The summed E-state index contributed by atoms with van der Waals surface area (Å²) < 4.78 is 18.6. The minimum Gasteiger partial charge on any atom is -0.481 e. The number of aromatic nitrogens is 2. The van der Waals surface area contributed by atoms with E-state index < -0.39 is 0 Å². The monoisotopic (exact) mass is 290 g/mol. The van der Waals surface area contributed by atoms with Gasteiger partial charge >= 0.3 is 0 Å². The number of aryl methyl sites for hydroxylation is 1. The van der Waals surface area contributed by atoms with Gasteiger partial charge in [0.05, 0.1) is 7.11 Å². The lowest BCUT2D eigenvalue weighted by Gasteiger charge is -2.23. The molecule has 0 saturated heterocycles. The fourth-order valence-corrected chi connectivity index (χ4v) is 1.99. The summed E-state index contributed by atoms with van der Waals surface area (Å²) in [5.41, 5.74) is 7.06. The number of nitrogens with zero attached hydrogens (tertiary/aromatic N) is 3. The molecule has 2 N–H and O–H groups in total. The van der Waals surface area contributed by atoms with Gasteiger partial charge in [-0.1, -0.05) is 6.07 Å². The zero-order valence-corrected chi connectivity index (χ0v) is 12.2. The molecule has 0 fully saturated rings. The number of ether oxygens (including phenoxy) is 1. The van der Waals surface area contributed by atoms with Gasteiger partial charge < -0.3 is 15.4 Å². The van der Waals surface area contributed by atoms with E-state index in [2.05, 4.69) is 9.97 Å². The fourth-order valence-electron chi connectivity index (χ4n) is 1.99. The first-order valence-corrected chi connectivity index (χ1v) is 6.77. The summed E-state index contributed by atoms with van der Waals surface area (Å²) in [6.45, 7) is 3.00. The number of nitrogens with two attached hydrogens (primary N) is 1. The highest BCUT2D eigenvalue weighted by molar-refractivity contribution is 5.57. The molecular formula is C15H19FN4O. The molecule has 1 heterocycles. The Balaban J connectivity index is 2.42. The lowest BCUT2D eigenvalue weighted by atomic mass is 10.2. The summed E-state index contributed by atoms with van der Waals surface area (Å²) in [6.07, 6.45) is 0.746. The van der Waals surface area contributed by atoms with Crippen molar-refractivity contribution in [2.45, 2.75) is 13.3 Å². The van der Waals surface area contributed by atoms with E-state index in [1.54, 1.807) is 19.2 Å². The first kappa shape index (κ1) is 15.2. The maximum Gasteiger partial charge on any atom is 0.233 e. The summed E-state index contributed by atoms with van der Waals surface area (Å²) in [6, 6.07) is 8.08. The zero-order valence-electron chi connectivity index (χ0n) is 12.2. The van der Waals surface area contributed by atoms with Crippen LogP contribution in [0, 0.1) is 12.7 Å². The Morgan fingerprint density at radius 2 is 2.10 bits per heavy atom. The second-order valence-corrected chi connectivity index (χ2v) is 4.63. The minimum atomic E-state index is -0.301. The molecular weight excluding hydrogens is 271 g/mol. The van der Waals surface area contributed by atoms with Crippen molar-refractivity contribution in [3.63, 3.8) is 0 Å². The third kappa shape index (κ3) is 3.88. The first-order chi connectivity index (χ1) is 10.1. The molecule has 0 radical (unpaired) electrons. The van der Waals surface area contributed by atoms with Gasteiger partial charge in [0, 0.05) is 24.0 Å². The van der Waals surface area contributed by atoms with Crippen LogP contribution in [0.2, 0.25) is 0 Å². The van der Waals surface area contributed by atoms with Gasteiger partial charge in [0.2, 0.25) is 11.8 Å². The lowest BCUT2D eigenvalue weighted by Crippen LogP contribution is -2.23. The maximum absolute atomic E-state index is 13.5. The van der Waals surface area contributed by atoms with Crippen molar-refractivity contribution in [2.24, 2.45) is 5.73 Å². The maximum atomic E-state index is 13.5. The van der Waals surface area contributed by atoms with Crippen LogP contribution in [-0.4, -0.2) is 30.2 Å². The van der Waals surface area contributed by atoms with Crippen molar-refractivity contribution in [1.29, 1.82) is 0 Å². The van der Waals surface area contributed by atoms with Crippen LogP contribution in [0.3, 0.4) is 0 Å². The summed E-state index contributed by atoms with van der Waals surface area (Å²) >= 11 is 0. The van der Waals surface area contributed by atoms with E-state index in [1.807, 2.05) is 17.9 Å². The van der Waals surface area contributed by atoms with Gasteiger partial charge in [0.25, 0.3) is 0 Å². The number of halogens is 1. The first-order valence-electron chi connectivity index (χ1n) is 6.77. The third-order valence-corrected chi connectivity index (χ3v) is 2.98. The van der Waals surface area contributed by atoms with Crippen LogP contribution in [0.5, 0.6) is 5.88 Å². The number of hydrogen-bond donors (Lipinski definition) is 1. The molecule has 112 valence electrons. The van der Waals surface area contributed by atoms with E-state index in [4.69, 9.17) is 10.5 Å². The molecule has 2 aromatic rings. The molecule has 0 bridgehead atoms. The highest BCUT2D eigenvalue weighted by Crippen LogP contribution is 2.25. The molecule has 21 heavy (non-hydrogen) atoms. The van der Waals surface area contributed by atoms with E-state index in [0.717, 1.165) is 12.1 Å². The average molecular weight is 290 g/mol. The zero-order chi connectivity index (χ0) is 15.2. The highest BCUT2D eigenvalue weighted by atomic mass is 19.1. The molecule has 2 rings (SSSR count). The van der Waals surface area contributed by atoms with Crippen LogP contribution in [0.4, 0.5) is 16.0 Å². The van der Waals surface area contributed by atoms with Gasteiger partial charge in [-0.3, -0.25) is 0 Å². The molecule has 0 spiro atoms. The smallest absolute Gasteiger partial charge is 0.233 e. The Morgan fingerprint density at radius 1 is 1.29 bits per heavy atom. The molecule has 5 nitrogen and oxygen atoms in total. The SMILES string of the molecule is COc1cc(C)nc(N(CCCN)c2cccc(F)c2)n1. The molecule has 0 unspecified atom stereocenters. The molecule has 0 aliphatic carbocycles. The quantitative estimate of drug-likeness (QED) is 0.885. The van der Waals surface area contributed by atoms with Crippen molar-refractivity contribution in [2.75, 3.05) is 25.1 Å². The number of methoxy groups -OCH3 is 1. The summed E-state index contributed by atoms with van der Waals surface area (Å²) in [5, 5.41) is 0. The molecule has 6 heteroatoms. The van der Waals surface area contributed by atoms with Crippen LogP contribution in [0.25, 0.3) is 0 Å². The van der Waals surface area contributed by atoms with Crippen molar-refractivity contribution in [3.05, 3.63) is 41.8 Å². The van der Waals surface area contributed by atoms with Crippen LogP contribution < -0.4 is 15.4 Å². The van der Waals surface area contributed by atoms with Gasteiger partial charge in [-0.15, -0.1) is 0 Å². The molecule has 1 aromatic heterocycles. The van der Waals surface area contributed by atoms with E-state index in [0.29, 0.717) is 30.6 Å². The van der Waals surface area contributed by atoms with Crippen LogP contribution in [-0.2, 0) is 0 Å². The molecule has 0 aliphatic heterocycles. The molecule has 1 aromatic carbocycles. The fraction of sp³-hybridized carbons (Fsp3) is 0.333. The van der Waals surface area contributed by atoms with E-state index in [-0.39, 0.29) is 5.82 Å². The molecule has 0 aliphatic rings. The second kappa shape index (κ2) is 6.99. The number of anilines is 2. The predicted molar refractivity (Wildman–Crippen MR) is 80.4 cm³/mol. The Kier molecular flexibility index (Phi) is 5.05. The normalized spacial score (nSPS) is 10.5. The van der Waals surface area contributed by atoms with Gasteiger partial charge in [0.1, 0.15) is 5.82 Å². The molecule has 0 atom stereocenters. The summed E-state index contributed by atoms with van der Waals surface area (Å²) in [5.74, 6) is 0.655. The Morgan fingerprint density at radius 3 is 2.76 bits per heavy atom. The van der Waals surface area contributed by atoms with Gasteiger partial charge in [0.15, 0.2) is 0 Å². The molecule has 0 amide bonds. The summed E-state index contributed by atoms with van der Waals surface area (Å²) in [4.78, 5) is 10.6. The van der Waals surface area contributed by atoms with E-state index in [1.165, 1.54) is 12.1 Å². The largest absolute Gasteiger partial charge is 0.481 e. The van der Waals surface area contributed by atoms with Crippen LogP contribution >= 0.6 is 0 Å². The Hall–Kier alpha value is -2.21. The van der Waals surface area contributed by atoms with E-state index in [9.17, 15) is 4.39 Å². The minimum absolute atomic E-state index is 0.301. The predicted octanol–water partition coefficient (Wildman–Crippen LogP) is 2.42. The van der Waals surface area contributed by atoms with Gasteiger partial charge in [-0.2, -0.15) is 4.98 Å². The topological polar surface area (TPSA) is 64.3 Å². The van der Waals surface area contributed by atoms with Crippen molar-refractivity contribution >= 4 is 11.6 Å². The van der Waals surface area contributed by atoms with E-state index >= 15 is 0 Å². The Bertz CT molecular complexity index is 606. The third-order valence-electron chi connectivity index (χ3n) is 2.98. The van der Waals surface area contributed by atoms with Gasteiger partial charge in [-0.25, -0.2) is 9.37 Å². The summed E-state index contributed by atoms with van der Waals surface area (Å²) in [7, 11) is 1.55. The van der Waals surface area contributed by atoms with Crippen molar-refractivity contribution in [1.82, 2.24) is 9.97 Å². The number of benzene rings is 1. The average Bonchev–Trinajstić information content (AvgIpc) is 2.47. The lowest BCUT2D eigenvalue weighted by molar-refractivity contribution is 0.396. The van der Waals surface area contributed by atoms with Gasteiger partial charge in [-0.05, 0) is 38.1 Å². The van der Waals surface area contributed by atoms with Crippen molar-refractivity contribution < 1.29 is 9.13 Å². The van der Waals surface area contributed by atoms with Crippen LogP contribution in [0.15, 0.2) is 30.3 Å². The highest BCUT2D eigenvalue weighted by Gasteiger charge is 2.14. The molecule has 0 saturated carbocycles. The second-order valence-electron chi connectivity index (χ2n) is 4.63. The number of rotatable bonds is 6.